The van der Waals surface area contributed by atoms with E-state index in [1.807, 2.05) is 6.07 Å². The van der Waals surface area contributed by atoms with Crippen LogP contribution < -0.4 is 0 Å². The molecule has 0 bridgehead atoms. The lowest BCUT2D eigenvalue weighted by Crippen LogP contribution is -1.80. The zero-order valence-corrected chi connectivity index (χ0v) is 5.76. The second-order valence-corrected chi connectivity index (χ2v) is 2.30. The molecule has 0 atom stereocenters. The summed E-state index contributed by atoms with van der Waals surface area (Å²) in [5.74, 6) is 0. The van der Waals surface area contributed by atoms with Crippen molar-refractivity contribution in [1.29, 1.82) is 0 Å². The highest BCUT2D eigenvalue weighted by Gasteiger charge is 1.98. The molecule has 0 saturated heterocycles. The minimum atomic E-state index is 0.443. The van der Waals surface area contributed by atoms with Crippen molar-refractivity contribution in [2.45, 2.75) is 0 Å². The summed E-state index contributed by atoms with van der Waals surface area (Å²) in [6.07, 6.45) is 3.45. The Labute approximate surface area is 62.0 Å². The van der Waals surface area contributed by atoms with E-state index in [4.69, 9.17) is 11.6 Å². The maximum atomic E-state index is 5.70. The van der Waals surface area contributed by atoms with Gasteiger partial charge in [0.2, 0.25) is 0 Å². The number of halogens is 1. The van der Waals surface area contributed by atoms with Crippen LogP contribution in [-0.4, -0.2) is 15.2 Å². The van der Waals surface area contributed by atoms with Crippen LogP contribution in [0.2, 0.25) is 5.15 Å². The van der Waals surface area contributed by atoms with E-state index >= 15 is 0 Å². The number of aromatic nitrogens is 3. The van der Waals surface area contributed by atoms with E-state index in [9.17, 15) is 0 Å². The van der Waals surface area contributed by atoms with E-state index in [2.05, 4.69) is 15.2 Å². The van der Waals surface area contributed by atoms with Gasteiger partial charge in [0, 0.05) is 11.6 Å². The normalized spacial score (nSPS) is 10.5. The highest BCUT2D eigenvalue weighted by atomic mass is 35.5. The van der Waals surface area contributed by atoms with Crippen LogP contribution in [0.1, 0.15) is 0 Å². The molecule has 0 saturated carbocycles. The average Bonchev–Trinajstić information content (AvgIpc) is 2.36. The van der Waals surface area contributed by atoms with E-state index in [0.717, 1.165) is 10.9 Å². The maximum Gasteiger partial charge on any atom is 0.161 e. The van der Waals surface area contributed by atoms with Crippen LogP contribution in [-0.2, 0) is 0 Å². The Balaban J connectivity index is 2.95. The molecule has 0 fully saturated rings. The first-order chi connectivity index (χ1) is 4.88. The maximum absolute atomic E-state index is 5.70. The summed E-state index contributed by atoms with van der Waals surface area (Å²) < 4.78 is 0. The van der Waals surface area contributed by atoms with Crippen LogP contribution in [0.5, 0.6) is 0 Å². The minimum absolute atomic E-state index is 0.443. The molecule has 0 amide bonds. The lowest BCUT2D eigenvalue weighted by molar-refractivity contribution is 1.05. The molecule has 3 nitrogen and oxygen atoms in total. The minimum Gasteiger partial charge on any atom is -0.360 e. The molecular formula is C6H4ClN3. The fourth-order valence-corrected chi connectivity index (χ4v) is 1.07. The first kappa shape index (κ1) is 5.68. The number of H-pyrrole nitrogens is 1. The van der Waals surface area contributed by atoms with E-state index in [1.165, 1.54) is 0 Å². The summed E-state index contributed by atoms with van der Waals surface area (Å²) in [7, 11) is 0. The summed E-state index contributed by atoms with van der Waals surface area (Å²) in [4.78, 5) is 2.97. The predicted octanol–water partition coefficient (Wildman–Crippen LogP) is 1.61. The molecule has 2 rings (SSSR count). The van der Waals surface area contributed by atoms with Crippen molar-refractivity contribution in [3.05, 3.63) is 23.6 Å². The van der Waals surface area contributed by atoms with Gasteiger partial charge in [0.05, 0.1) is 11.7 Å². The topological polar surface area (TPSA) is 41.6 Å². The third-order valence-electron chi connectivity index (χ3n) is 1.33. The van der Waals surface area contributed by atoms with Gasteiger partial charge >= 0.3 is 0 Å². The van der Waals surface area contributed by atoms with Crippen LogP contribution in [0.3, 0.4) is 0 Å². The molecule has 4 heteroatoms. The molecule has 50 valence electrons. The van der Waals surface area contributed by atoms with Crippen molar-refractivity contribution < 1.29 is 0 Å². The molecular weight excluding hydrogens is 150 g/mol. The summed E-state index contributed by atoms with van der Waals surface area (Å²) in [5, 5.41) is 8.70. The Morgan fingerprint density at radius 3 is 3.20 bits per heavy atom. The van der Waals surface area contributed by atoms with Gasteiger partial charge in [-0.1, -0.05) is 11.6 Å². The van der Waals surface area contributed by atoms with Gasteiger partial charge in [-0.3, -0.25) is 0 Å². The third-order valence-corrected chi connectivity index (χ3v) is 1.61. The van der Waals surface area contributed by atoms with Gasteiger partial charge in [-0.15, -0.1) is 5.10 Å². The fraction of sp³-hybridized carbons (Fsp3) is 0. The quantitative estimate of drug-likeness (QED) is 0.625. The summed E-state index contributed by atoms with van der Waals surface area (Å²) in [6.45, 7) is 0. The third kappa shape index (κ3) is 0.675. The lowest BCUT2D eigenvalue weighted by Gasteiger charge is -1.87. The standard InChI is InChI=1S/C6H4ClN3/c7-6-4-1-2-8-5(4)3-9-10-6/h1-3,8H. The van der Waals surface area contributed by atoms with Crippen LogP contribution in [0.25, 0.3) is 10.9 Å². The van der Waals surface area contributed by atoms with Gasteiger partial charge in [0.1, 0.15) is 0 Å². The van der Waals surface area contributed by atoms with E-state index in [-0.39, 0.29) is 0 Å². The largest absolute Gasteiger partial charge is 0.360 e. The molecule has 2 aromatic rings. The van der Waals surface area contributed by atoms with E-state index < -0.39 is 0 Å². The first-order valence-electron chi connectivity index (χ1n) is 2.82. The summed E-state index contributed by atoms with van der Waals surface area (Å²) >= 11 is 5.70. The van der Waals surface area contributed by atoms with Crippen LogP contribution in [0.4, 0.5) is 0 Å². The second-order valence-electron chi connectivity index (χ2n) is 1.94. The van der Waals surface area contributed by atoms with Gasteiger partial charge in [-0.25, -0.2) is 0 Å². The SMILES string of the molecule is Clc1nncc2[nH]ccc12. The van der Waals surface area contributed by atoms with Crippen LogP contribution in [0.15, 0.2) is 18.5 Å². The van der Waals surface area contributed by atoms with Crippen molar-refractivity contribution >= 4 is 22.5 Å². The number of nitrogens with zero attached hydrogens (tertiary/aromatic N) is 2. The number of rotatable bonds is 0. The Hall–Kier alpha value is -1.09. The highest BCUT2D eigenvalue weighted by Crippen LogP contribution is 2.17. The number of aromatic amines is 1. The first-order valence-corrected chi connectivity index (χ1v) is 3.20. The molecule has 0 aliphatic heterocycles. The van der Waals surface area contributed by atoms with Crippen molar-refractivity contribution in [3.8, 4) is 0 Å². The Bertz CT molecular complexity index is 355. The molecule has 0 aliphatic rings. The molecule has 1 N–H and O–H groups in total. The average molecular weight is 154 g/mol. The molecule has 0 aliphatic carbocycles. The smallest absolute Gasteiger partial charge is 0.161 e. The molecule has 0 aromatic carbocycles. The zero-order chi connectivity index (χ0) is 6.97. The van der Waals surface area contributed by atoms with Gasteiger partial charge in [0.15, 0.2) is 5.15 Å². The molecule has 2 heterocycles. The molecule has 0 unspecified atom stereocenters. The molecule has 0 radical (unpaired) electrons. The van der Waals surface area contributed by atoms with Crippen molar-refractivity contribution in [1.82, 2.24) is 15.2 Å². The van der Waals surface area contributed by atoms with Gasteiger partial charge < -0.3 is 4.98 Å². The Morgan fingerprint density at radius 2 is 2.40 bits per heavy atom. The predicted molar refractivity (Wildman–Crippen MR) is 38.9 cm³/mol. The lowest BCUT2D eigenvalue weighted by atomic mass is 10.4. The van der Waals surface area contributed by atoms with E-state index in [0.29, 0.717) is 5.15 Å². The van der Waals surface area contributed by atoms with Crippen molar-refractivity contribution in [2.75, 3.05) is 0 Å². The number of nitrogens with one attached hydrogen (secondary N) is 1. The Kier molecular flexibility index (Phi) is 1.11. The zero-order valence-electron chi connectivity index (χ0n) is 5.00. The highest BCUT2D eigenvalue weighted by molar-refractivity contribution is 6.33. The van der Waals surface area contributed by atoms with Crippen LogP contribution in [0, 0.1) is 0 Å². The number of hydrogen-bond donors (Lipinski definition) is 1. The molecule has 2 aromatic heterocycles. The van der Waals surface area contributed by atoms with E-state index in [1.54, 1.807) is 12.4 Å². The van der Waals surface area contributed by atoms with Gasteiger partial charge in [-0.2, -0.15) is 5.10 Å². The van der Waals surface area contributed by atoms with Crippen molar-refractivity contribution in [2.24, 2.45) is 0 Å². The second kappa shape index (κ2) is 1.95. The molecule has 10 heavy (non-hydrogen) atoms. The van der Waals surface area contributed by atoms with Gasteiger partial charge in [0.25, 0.3) is 0 Å². The number of fused-ring (bicyclic) bond motifs is 1. The number of hydrogen-bond acceptors (Lipinski definition) is 2. The molecule has 0 spiro atoms. The van der Waals surface area contributed by atoms with Crippen molar-refractivity contribution in [3.63, 3.8) is 0 Å². The summed E-state index contributed by atoms with van der Waals surface area (Å²) in [6, 6.07) is 1.87. The monoisotopic (exact) mass is 153 g/mol. The fourth-order valence-electron chi connectivity index (χ4n) is 0.860. The summed E-state index contributed by atoms with van der Waals surface area (Å²) in [5.41, 5.74) is 0.917. The van der Waals surface area contributed by atoms with Crippen LogP contribution >= 0.6 is 11.6 Å². The van der Waals surface area contributed by atoms with Gasteiger partial charge in [-0.05, 0) is 6.07 Å². The Morgan fingerprint density at radius 1 is 1.50 bits per heavy atom.